The lowest BCUT2D eigenvalue weighted by Gasteiger charge is -2.35. The summed E-state index contributed by atoms with van der Waals surface area (Å²) in [5.74, 6) is 1.70. The number of aromatic nitrogens is 2. The molecule has 1 amide bonds. The van der Waals surface area contributed by atoms with Crippen molar-refractivity contribution in [3.05, 3.63) is 52.7 Å². The lowest BCUT2D eigenvalue weighted by atomic mass is 10.0. The first-order valence-electron chi connectivity index (χ1n) is 9.07. The van der Waals surface area contributed by atoms with Gasteiger partial charge in [0.15, 0.2) is 5.82 Å². The predicted octanol–water partition coefficient (Wildman–Crippen LogP) is 2.93. The SMILES string of the molecule is Cc1cccc(C)c1C(=O)N1CCN(c2ccc(C3CC3)nn2)CC1. The first kappa shape index (κ1) is 16.1. The van der Waals surface area contributed by atoms with Crippen LogP contribution >= 0.6 is 0 Å². The molecule has 1 aliphatic heterocycles. The largest absolute Gasteiger partial charge is 0.352 e. The normalized spacial score (nSPS) is 17.7. The number of aryl methyl sites for hydroxylation is 2. The van der Waals surface area contributed by atoms with Gasteiger partial charge in [0.05, 0.1) is 5.69 Å². The fourth-order valence-corrected chi connectivity index (χ4v) is 3.55. The van der Waals surface area contributed by atoms with E-state index >= 15 is 0 Å². The number of carbonyl (C=O) groups excluding carboxylic acids is 1. The lowest BCUT2D eigenvalue weighted by Crippen LogP contribution is -2.49. The molecule has 2 fully saturated rings. The second-order valence-electron chi connectivity index (χ2n) is 7.14. The molecule has 2 aliphatic rings. The number of carbonyl (C=O) groups is 1. The predicted molar refractivity (Wildman–Crippen MR) is 98.0 cm³/mol. The Labute approximate surface area is 148 Å². The summed E-state index contributed by atoms with van der Waals surface area (Å²) in [6, 6.07) is 10.2. The summed E-state index contributed by atoms with van der Waals surface area (Å²) in [6.45, 7) is 7.06. The van der Waals surface area contributed by atoms with Crippen LogP contribution in [0.2, 0.25) is 0 Å². The third-order valence-corrected chi connectivity index (χ3v) is 5.25. The smallest absolute Gasteiger partial charge is 0.254 e. The Hall–Kier alpha value is -2.43. The van der Waals surface area contributed by atoms with Crippen molar-refractivity contribution in [3.63, 3.8) is 0 Å². The molecule has 5 nitrogen and oxygen atoms in total. The molecule has 2 aromatic rings. The molecule has 5 heteroatoms. The summed E-state index contributed by atoms with van der Waals surface area (Å²) < 4.78 is 0. The molecular weight excluding hydrogens is 312 g/mol. The highest BCUT2D eigenvalue weighted by Gasteiger charge is 2.27. The van der Waals surface area contributed by atoms with Crippen LogP contribution in [0.5, 0.6) is 0 Å². The molecule has 0 N–H and O–H groups in total. The van der Waals surface area contributed by atoms with Gasteiger partial charge in [-0.2, -0.15) is 5.10 Å². The summed E-state index contributed by atoms with van der Waals surface area (Å²) in [5, 5.41) is 8.76. The van der Waals surface area contributed by atoms with Gasteiger partial charge in [-0.15, -0.1) is 5.10 Å². The Bertz CT molecular complexity index is 755. The molecule has 1 aliphatic carbocycles. The summed E-state index contributed by atoms with van der Waals surface area (Å²) in [6.07, 6.45) is 2.49. The van der Waals surface area contributed by atoms with E-state index in [1.807, 2.05) is 36.9 Å². The van der Waals surface area contributed by atoms with E-state index in [9.17, 15) is 4.79 Å². The number of nitrogens with zero attached hydrogens (tertiary/aromatic N) is 4. The van der Waals surface area contributed by atoms with E-state index in [1.165, 1.54) is 12.8 Å². The third-order valence-electron chi connectivity index (χ3n) is 5.25. The van der Waals surface area contributed by atoms with Crippen LogP contribution in [-0.2, 0) is 0 Å². The molecule has 4 rings (SSSR count). The zero-order valence-corrected chi connectivity index (χ0v) is 14.9. The molecule has 0 radical (unpaired) electrons. The minimum Gasteiger partial charge on any atom is -0.352 e. The molecule has 0 bridgehead atoms. The zero-order chi connectivity index (χ0) is 17.4. The number of hydrogen-bond acceptors (Lipinski definition) is 4. The van der Waals surface area contributed by atoms with Crippen LogP contribution in [0.3, 0.4) is 0 Å². The van der Waals surface area contributed by atoms with Crippen molar-refractivity contribution in [3.8, 4) is 0 Å². The molecule has 2 heterocycles. The number of benzene rings is 1. The van der Waals surface area contributed by atoms with Crippen molar-refractivity contribution >= 4 is 11.7 Å². The fourth-order valence-electron chi connectivity index (χ4n) is 3.55. The quantitative estimate of drug-likeness (QED) is 0.865. The van der Waals surface area contributed by atoms with Gasteiger partial charge in [-0.1, -0.05) is 18.2 Å². The average molecular weight is 336 g/mol. The van der Waals surface area contributed by atoms with E-state index in [0.717, 1.165) is 54.4 Å². The van der Waals surface area contributed by atoms with Gasteiger partial charge in [-0.05, 0) is 49.9 Å². The van der Waals surface area contributed by atoms with Gasteiger partial charge >= 0.3 is 0 Å². The van der Waals surface area contributed by atoms with Crippen molar-refractivity contribution in [2.75, 3.05) is 31.1 Å². The molecular formula is C20H24N4O. The first-order valence-corrected chi connectivity index (χ1v) is 9.07. The molecule has 0 unspecified atom stereocenters. The summed E-state index contributed by atoms with van der Waals surface area (Å²) in [5.41, 5.74) is 4.07. The van der Waals surface area contributed by atoms with Crippen LogP contribution in [0.1, 0.15) is 45.9 Å². The Morgan fingerprint density at radius 2 is 1.64 bits per heavy atom. The minimum atomic E-state index is 0.144. The monoisotopic (exact) mass is 336 g/mol. The number of hydrogen-bond donors (Lipinski definition) is 0. The van der Waals surface area contributed by atoms with Gasteiger partial charge in [0.25, 0.3) is 5.91 Å². The van der Waals surface area contributed by atoms with Gasteiger partial charge in [0.1, 0.15) is 0 Å². The summed E-state index contributed by atoms with van der Waals surface area (Å²) in [7, 11) is 0. The standard InChI is InChI=1S/C20H24N4O/c1-14-4-3-5-15(2)19(14)20(25)24-12-10-23(11-13-24)18-9-8-17(21-22-18)16-6-7-16/h3-5,8-9,16H,6-7,10-13H2,1-2H3. The van der Waals surface area contributed by atoms with Gasteiger partial charge in [-0.25, -0.2) is 0 Å². The van der Waals surface area contributed by atoms with Crippen molar-refractivity contribution in [2.45, 2.75) is 32.6 Å². The highest BCUT2D eigenvalue weighted by atomic mass is 16.2. The van der Waals surface area contributed by atoms with Gasteiger partial charge in [0.2, 0.25) is 0 Å². The highest BCUT2D eigenvalue weighted by molar-refractivity contribution is 5.97. The maximum Gasteiger partial charge on any atom is 0.254 e. The fraction of sp³-hybridized carbons (Fsp3) is 0.450. The van der Waals surface area contributed by atoms with Crippen molar-refractivity contribution in [2.24, 2.45) is 0 Å². The molecule has 1 aromatic carbocycles. The van der Waals surface area contributed by atoms with Crippen molar-refractivity contribution < 1.29 is 4.79 Å². The van der Waals surface area contributed by atoms with Crippen LogP contribution in [-0.4, -0.2) is 47.2 Å². The van der Waals surface area contributed by atoms with Crippen molar-refractivity contribution in [1.82, 2.24) is 15.1 Å². The second-order valence-corrected chi connectivity index (χ2v) is 7.14. The Morgan fingerprint density at radius 1 is 0.960 bits per heavy atom. The van der Waals surface area contributed by atoms with Gasteiger partial charge < -0.3 is 9.80 Å². The zero-order valence-electron chi connectivity index (χ0n) is 14.9. The maximum atomic E-state index is 12.9. The highest BCUT2D eigenvalue weighted by Crippen LogP contribution is 2.38. The van der Waals surface area contributed by atoms with Crippen LogP contribution in [0.25, 0.3) is 0 Å². The Balaban J connectivity index is 1.41. The van der Waals surface area contributed by atoms with Crippen LogP contribution in [0, 0.1) is 13.8 Å². The Morgan fingerprint density at radius 3 is 2.20 bits per heavy atom. The molecule has 1 saturated carbocycles. The molecule has 130 valence electrons. The number of rotatable bonds is 3. The van der Waals surface area contributed by atoms with Crippen molar-refractivity contribution in [1.29, 1.82) is 0 Å². The maximum absolute atomic E-state index is 12.9. The van der Waals surface area contributed by atoms with E-state index in [0.29, 0.717) is 5.92 Å². The molecule has 0 spiro atoms. The lowest BCUT2D eigenvalue weighted by molar-refractivity contribution is 0.0745. The summed E-state index contributed by atoms with van der Waals surface area (Å²) >= 11 is 0. The van der Waals surface area contributed by atoms with Crippen LogP contribution in [0.4, 0.5) is 5.82 Å². The molecule has 1 saturated heterocycles. The van der Waals surface area contributed by atoms with E-state index in [1.54, 1.807) is 0 Å². The molecule has 1 aromatic heterocycles. The van der Waals surface area contributed by atoms with E-state index in [2.05, 4.69) is 27.2 Å². The third kappa shape index (κ3) is 3.23. The van der Waals surface area contributed by atoms with E-state index in [-0.39, 0.29) is 5.91 Å². The van der Waals surface area contributed by atoms with Gasteiger partial charge in [0, 0.05) is 37.7 Å². The van der Waals surface area contributed by atoms with E-state index < -0.39 is 0 Å². The topological polar surface area (TPSA) is 49.3 Å². The Kier molecular flexibility index (Phi) is 4.15. The van der Waals surface area contributed by atoms with E-state index in [4.69, 9.17) is 0 Å². The van der Waals surface area contributed by atoms with Crippen LogP contribution < -0.4 is 4.90 Å². The summed E-state index contributed by atoms with van der Waals surface area (Å²) in [4.78, 5) is 17.1. The number of amides is 1. The molecule has 0 atom stereocenters. The number of anilines is 1. The van der Waals surface area contributed by atoms with Gasteiger partial charge in [-0.3, -0.25) is 4.79 Å². The van der Waals surface area contributed by atoms with Crippen LogP contribution in [0.15, 0.2) is 30.3 Å². The average Bonchev–Trinajstić information content (AvgIpc) is 3.47. The second kappa shape index (κ2) is 6.47. The minimum absolute atomic E-state index is 0.144. The number of piperazine rings is 1. The first-order chi connectivity index (χ1) is 12.1. The molecule has 25 heavy (non-hydrogen) atoms.